The smallest absolute Gasteiger partial charge is 0.338 e. The molecule has 1 amide bonds. The first-order chi connectivity index (χ1) is 13.4. The second-order valence-corrected chi connectivity index (χ2v) is 7.85. The second-order valence-electron chi connectivity index (χ2n) is 6.87. The van der Waals surface area contributed by atoms with E-state index < -0.39 is 0 Å². The third-order valence-electron chi connectivity index (χ3n) is 4.33. The molecule has 0 radical (unpaired) electrons. The summed E-state index contributed by atoms with van der Waals surface area (Å²) in [6.07, 6.45) is 1.79. The van der Waals surface area contributed by atoms with Gasteiger partial charge in [-0.05, 0) is 31.5 Å². The molecule has 0 fully saturated rings. The molecule has 7 nitrogen and oxygen atoms in total. The fourth-order valence-corrected chi connectivity index (χ4v) is 3.79. The normalized spacial score (nSPS) is 11.2. The highest BCUT2D eigenvalue weighted by Crippen LogP contribution is 2.26. The molecule has 0 aliphatic heterocycles. The molecule has 3 rings (SSSR count). The summed E-state index contributed by atoms with van der Waals surface area (Å²) in [6.45, 7) is 8.40. The fraction of sp³-hybridized carbons (Fsp3) is 0.400. The first-order valence-electron chi connectivity index (χ1n) is 9.35. The standard InChI is InChI=1S/C20H24N4O3S/c1-5-6-10-27-19(26)14-8-7-9-15(11-14)21-18(25)16-13(4)24-17(12(2)3)22-23-20(24)28-16/h7-9,11-12H,5-6,10H2,1-4H3,(H,21,25). The molecule has 0 saturated carbocycles. The number of carbonyl (C=O) groups excluding carboxylic acids is 2. The predicted octanol–water partition coefficient (Wildman–Crippen LogP) is 4.43. The van der Waals surface area contributed by atoms with Crippen molar-refractivity contribution < 1.29 is 14.3 Å². The Morgan fingerprint density at radius 3 is 2.79 bits per heavy atom. The Hall–Kier alpha value is -2.74. The number of thiazole rings is 1. The van der Waals surface area contributed by atoms with Crippen molar-refractivity contribution in [3.05, 3.63) is 46.2 Å². The summed E-state index contributed by atoms with van der Waals surface area (Å²) in [5.41, 5.74) is 1.77. The highest BCUT2D eigenvalue weighted by molar-refractivity contribution is 7.19. The number of hydrogen-bond donors (Lipinski definition) is 1. The number of nitrogens with one attached hydrogen (secondary N) is 1. The van der Waals surface area contributed by atoms with E-state index in [1.807, 2.05) is 32.1 Å². The van der Waals surface area contributed by atoms with E-state index in [2.05, 4.69) is 15.5 Å². The number of esters is 1. The number of hydrogen-bond acceptors (Lipinski definition) is 6. The molecular weight excluding hydrogens is 376 g/mol. The van der Waals surface area contributed by atoms with Crippen molar-refractivity contribution in [3.63, 3.8) is 0 Å². The number of benzene rings is 1. The molecule has 148 valence electrons. The van der Waals surface area contributed by atoms with Crippen molar-refractivity contribution in [1.29, 1.82) is 0 Å². The van der Waals surface area contributed by atoms with E-state index in [1.165, 1.54) is 11.3 Å². The fourth-order valence-electron chi connectivity index (χ4n) is 2.82. The van der Waals surface area contributed by atoms with Crippen LogP contribution in [0.5, 0.6) is 0 Å². The number of aromatic nitrogens is 3. The minimum Gasteiger partial charge on any atom is -0.462 e. The van der Waals surface area contributed by atoms with Gasteiger partial charge in [0.2, 0.25) is 4.96 Å². The molecule has 2 aromatic heterocycles. The number of rotatable bonds is 7. The number of aryl methyl sites for hydroxylation is 1. The number of unbranched alkanes of at least 4 members (excludes halogenated alkanes) is 1. The van der Waals surface area contributed by atoms with Gasteiger partial charge in [-0.15, -0.1) is 10.2 Å². The van der Waals surface area contributed by atoms with E-state index in [1.54, 1.807) is 24.3 Å². The average molecular weight is 401 g/mol. The van der Waals surface area contributed by atoms with Gasteiger partial charge in [0.05, 0.1) is 12.2 Å². The first kappa shape index (κ1) is 20.0. The first-order valence-corrected chi connectivity index (χ1v) is 10.2. The molecule has 1 N–H and O–H groups in total. The molecular formula is C20H24N4O3S. The zero-order valence-corrected chi connectivity index (χ0v) is 17.3. The summed E-state index contributed by atoms with van der Waals surface area (Å²) in [5.74, 6) is 0.413. The van der Waals surface area contributed by atoms with Gasteiger partial charge in [-0.2, -0.15) is 0 Å². The summed E-state index contributed by atoms with van der Waals surface area (Å²) in [6, 6.07) is 6.77. The monoisotopic (exact) mass is 400 g/mol. The van der Waals surface area contributed by atoms with Crippen molar-refractivity contribution in [2.75, 3.05) is 11.9 Å². The van der Waals surface area contributed by atoms with Crippen LogP contribution < -0.4 is 5.32 Å². The molecule has 1 aromatic carbocycles. The van der Waals surface area contributed by atoms with Gasteiger partial charge < -0.3 is 10.1 Å². The molecule has 0 aliphatic rings. The Labute approximate surface area is 167 Å². The van der Waals surface area contributed by atoms with Crippen LogP contribution in [0.4, 0.5) is 5.69 Å². The van der Waals surface area contributed by atoms with Gasteiger partial charge in [-0.1, -0.05) is 44.6 Å². The van der Waals surface area contributed by atoms with Crippen LogP contribution in [0.3, 0.4) is 0 Å². The van der Waals surface area contributed by atoms with Crippen molar-refractivity contribution in [1.82, 2.24) is 14.6 Å². The average Bonchev–Trinajstić information content (AvgIpc) is 3.22. The Kier molecular flexibility index (Phi) is 6.08. The van der Waals surface area contributed by atoms with Crippen LogP contribution in [0, 0.1) is 6.92 Å². The van der Waals surface area contributed by atoms with Crippen LogP contribution >= 0.6 is 11.3 Å². The zero-order chi connectivity index (χ0) is 20.3. The van der Waals surface area contributed by atoms with E-state index in [-0.39, 0.29) is 17.8 Å². The van der Waals surface area contributed by atoms with Gasteiger partial charge in [0, 0.05) is 17.3 Å². The number of anilines is 1. The zero-order valence-electron chi connectivity index (χ0n) is 16.5. The van der Waals surface area contributed by atoms with Crippen molar-refractivity contribution in [2.45, 2.75) is 46.5 Å². The third kappa shape index (κ3) is 4.06. The van der Waals surface area contributed by atoms with Gasteiger partial charge in [0.1, 0.15) is 10.7 Å². The maximum Gasteiger partial charge on any atom is 0.338 e. The highest BCUT2D eigenvalue weighted by Gasteiger charge is 2.21. The Morgan fingerprint density at radius 1 is 1.29 bits per heavy atom. The summed E-state index contributed by atoms with van der Waals surface area (Å²) in [5, 5.41) is 11.2. The lowest BCUT2D eigenvalue weighted by atomic mass is 10.2. The summed E-state index contributed by atoms with van der Waals surface area (Å²) < 4.78 is 7.15. The van der Waals surface area contributed by atoms with Crippen LogP contribution in [-0.2, 0) is 4.74 Å². The largest absolute Gasteiger partial charge is 0.462 e. The van der Waals surface area contributed by atoms with E-state index in [4.69, 9.17) is 4.74 Å². The van der Waals surface area contributed by atoms with E-state index in [0.717, 1.165) is 24.4 Å². The van der Waals surface area contributed by atoms with Crippen LogP contribution in [-0.4, -0.2) is 33.1 Å². The third-order valence-corrected chi connectivity index (χ3v) is 5.46. The Morgan fingerprint density at radius 2 is 2.07 bits per heavy atom. The maximum absolute atomic E-state index is 12.8. The lowest BCUT2D eigenvalue weighted by Crippen LogP contribution is -2.13. The molecule has 2 heterocycles. The van der Waals surface area contributed by atoms with Gasteiger partial charge >= 0.3 is 5.97 Å². The number of amides is 1. The molecule has 3 aromatic rings. The molecule has 0 spiro atoms. The number of fused-ring (bicyclic) bond motifs is 1. The number of ether oxygens (including phenoxy) is 1. The minimum atomic E-state index is -0.386. The van der Waals surface area contributed by atoms with Gasteiger partial charge in [0.15, 0.2) is 0 Å². The Balaban J connectivity index is 1.78. The summed E-state index contributed by atoms with van der Waals surface area (Å²) in [7, 11) is 0. The van der Waals surface area contributed by atoms with Crippen LogP contribution in [0.1, 0.15) is 71.1 Å². The summed E-state index contributed by atoms with van der Waals surface area (Å²) >= 11 is 1.30. The highest BCUT2D eigenvalue weighted by atomic mass is 32.1. The molecule has 0 atom stereocenters. The number of carbonyl (C=O) groups is 2. The maximum atomic E-state index is 12.8. The Bertz CT molecular complexity index is 1010. The molecule has 28 heavy (non-hydrogen) atoms. The number of nitrogens with zero attached hydrogens (tertiary/aromatic N) is 3. The van der Waals surface area contributed by atoms with E-state index in [0.29, 0.717) is 27.7 Å². The van der Waals surface area contributed by atoms with Crippen molar-refractivity contribution in [2.24, 2.45) is 0 Å². The van der Waals surface area contributed by atoms with Crippen LogP contribution in [0.15, 0.2) is 24.3 Å². The topological polar surface area (TPSA) is 85.6 Å². The van der Waals surface area contributed by atoms with Gasteiger partial charge in [0.25, 0.3) is 5.91 Å². The van der Waals surface area contributed by atoms with E-state index >= 15 is 0 Å². The second kappa shape index (κ2) is 8.52. The molecule has 0 saturated heterocycles. The van der Waals surface area contributed by atoms with Crippen molar-refractivity contribution >= 4 is 33.9 Å². The quantitative estimate of drug-likeness (QED) is 0.468. The summed E-state index contributed by atoms with van der Waals surface area (Å²) in [4.78, 5) is 26.2. The van der Waals surface area contributed by atoms with Crippen LogP contribution in [0.25, 0.3) is 4.96 Å². The predicted molar refractivity (Wildman–Crippen MR) is 109 cm³/mol. The molecule has 0 aliphatic carbocycles. The molecule has 0 unspecified atom stereocenters. The SMILES string of the molecule is CCCCOC(=O)c1cccc(NC(=O)c2sc3nnc(C(C)C)n3c2C)c1. The van der Waals surface area contributed by atoms with Gasteiger partial charge in [-0.3, -0.25) is 9.20 Å². The van der Waals surface area contributed by atoms with Crippen molar-refractivity contribution in [3.8, 4) is 0 Å². The lowest BCUT2D eigenvalue weighted by Gasteiger charge is -2.08. The minimum absolute atomic E-state index is 0.203. The van der Waals surface area contributed by atoms with E-state index in [9.17, 15) is 9.59 Å². The van der Waals surface area contributed by atoms with Gasteiger partial charge in [-0.25, -0.2) is 4.79 Å². The molecule has 0 bridgehead atoms. The van der Waals surface area contributed by atoms with Crippen LogP contribution in [0.2, 0.25) is 0 Å². The lowest BCUT2D eigenvalue weighted by molar-refractivity contribution is 0.0499. The molecule has 8 heteroatoms.